The summed E-state index contributed by atoms with van der Waals surface area (Å²) >= 11 is 1.75. The smallest absolute Gasteiger partial charge is 0.191 e. The molecular formula is C21H24IN3S. The summed E-state index contributed by atoms with van der Waals surface area (Å²) in [4.78, 5) is 5.64. The van der Waals surface area contributed by atoms with E-state index in [0.29, 0.717) is 0 Å². The molecule has 0 radical (unpaired) electrons. The van der Waals surface area contributed by atoms with E-state index in [4.69, 9.17) is 0 Å². The Bertz CT molecular complexity index is 734. The number of benzene rings is 2. The molecule has 26 heavy (non-hydrogen) atoms. The molecule has 1 heterocycles. The van der Waals surface area contributed by atoms with Crippen molar-refractivity contribution in [2.75, 3.05) is 13.6 Å². The topological polar surface area (TPSA) is 36.4 Å². The molecule has 0 saturated heterocycles. The average Bonchev–Trinajstić information content (AvgIpc) is 3.20. The highest BCUT2D eigenvalue weighted by atomic mass is 127. The molecule has 1 aromatic heterocycles. The van der Waals surface area contributed by atoms with Crippen molar-refractivity contribution in [3.8, 4) is 0 Å². The Morgan fingerprint density at radius 3 is 2.00 bits per heavy atom. The molecule has 0 bridgehead atoms. The summed E-state index contributed by atoms with van der Waals surface area (Å²) in [7, 11) is 1.81. The molecule has 0 aliphatic carbocycles. The Balaban J connectivity index is 0.00000243. The first-order valence-corrected chi connectivity index (χ1v) is 9.31. The molecule has 0 saturated carbocycles. The number of halogens is 1. The standard InChI is InChI=1S/C21H23N3S.HI/c1-22-21(23-15-19-13-8-14-25-19)24-16-20(17-9-4-2-5-10-17)18-11-6-3-7-12-18;/h2-14,20H,15-16H2,1H3,(H2,22,23,24);1H. The predicted molar refractivity (Wildman–Crippen MR) is 123 cm³/mol. The van der Waals surface area contributed by atoms with E-state index in [2.05, 4.69) is 93.8 Å². The minimum atomic E-state index is 0. The predicted octanol–water partition coefficient (Wildman–Crippen LogP) is 4.86. The number of nitrogens with one attached hydrogen (secondary N) is 2. The zero-order valence-corrected chi connectivity index (χ0v) is 17.9. The zero-order valence-electron chi connectivity index (χ0n) is 14.8. The molecule has 0 aliphatic rings. The van der Waals surface area contributed by atoms with Crippen molar-refractivity contribution in [1.82, 2.24) is 10.6 Å². The Labute approximate surface area is 176 Å². The first-order chi connectivity index (χ1) is 12.4. The highest BCUT2D eigenvalue weighted by Crippen LogP contribution is 2.23. The molecule has 5 heteroatoms. The second-order valence-electron chi connectivity index (χ2n) is 5.76. The van der Waals surface area contributed by atoms with Gasteiger partial charge in [0.25, 0.3) is 0 Å². The number of nitrogens with zero attached hydrogens (tertiary/aromatic N) is 1. The lowest BCUT2D eigenvalue weighted by Crippen LogP contribution is -2.39. The summed E-state index contributed by atoms with van der Waals surface area (Å²) in [6.45, 7) is 1.58. The van der Waals surface area contributed by atoms with E-state index in [-0.39, 0.29) is 29.9 Å². The van der Waals surface area contributed by atoms with Crippen LogP contribution in [0.4, 0.5) is 0 Å². The Hall–Kier alpha value is -1.86. The summed E-state index contributed by atoms with van der Waals surface area (Å²) < 4.78 is 0. The van der Waals surface area contributed by atoms with E-state index >= 15 is 0 Å². The average molecular weight is 477 g/mol. The summed E-state index contributed by atoms with van der Waals surface area (Å²) in [6.07, 6.45) is 0. The van der Waals surface area contributed by atoms with Gasteiger partial charge in [-0.3, -0.25) is 4.99 Å². The van der Waals surface area contributed by atoms with Gasteiger partial charge in [0.15, 0.2) is 5.96 Å². The fourth-order valence-corrected chi connectivity index (χ4v) is 3.45. The maximum absolute atomic E-state index is 4.35. The van der Waals surface area contributed by atoms with Crippen LogP contribution in [-0.2, 0) is 6.54 Å². The van der Waals surface area contributed by atoms with Gasteiger partial charge in [-0.1, -0.05) is 66.7 Å². The molecule has 0 aliphatic heterocycles. The van der Waals surface area contributed by atoms with Crippen LogP contribution in [0.3, 0.4) is 0 Å². The van der Waals surface area contributed by atoms with Gasteiger partial charge in [-0.2, -0.15) is 0 Å². The molecule has 2 N–H and O–H groups in total. The summed E-state index contributed by atoms with van der Waals surface area (Å²) in [5.41, 5.74) is 2.60. The summed E-state index contributed by atoms with van der Waals surface area (Å²) in [6, 6.07) is 25.4. The SMILES string of the molecule is CN=C(NCc1cccs1)NCC(c1ccccc1)c1ccccc1.I. The van der Waals surface area contributed by atoms with Gasteiger partial charge in [-0.25, -0.2) is 0 Å². The van der Waals surface area contributed by atoms with Crippen LogP contribution in [-0.4, -0.2) is 19.6 Å². The lowest BCUT2D eigenvalue weighted by molar-refractivity contribution is 0.729. The van der Waals surface area contributed by atoms with E-state index < -0.39 is 0 Å². The molecule has 0 fully saturated rings. The van der Waals surface area contributed by atoms with Crippen LogP contribution >= 0.6 is 35.3 Å². The van der Waals surface area contributed by atoms with Gasteiger partial charge in [-0.15, -0.1) is 35.3 Å². The number of aliphatic imine (C=N–C) groups is 1. The van der Waals surface area contributed by atoms with Crippen molar-refractivity contribution in [1.29, 1.82) is 0 Å². The third kappa shape index (κ3) is 5.85. The van der Waals surface area contributed by atoms with Gasteiger partial charge in [0.1, 0.15) is 0 Å². The van der Waals surface area contributed by atoms with Gasteiger partial charge in [0.2, 0.25) is 0 Å². The van der Waals surface area contributed by atoms with Crippen LogP contribution in [0.2, 0.25) is 0 Å². The van der Waals surface area contributed by atoms with Gasteiger partial charge in [0, 0.05) is 24.4 Å². The van der Waals surface area contributed by atoms with Crippen molar-refractivity contribution in [2.24, 2.45) is 4.99 Å². The molecule has 0 unspecified atom stereocenters. The maximum atomic E-state index is 4.35. The van der Waals surface area contributed by atoms with E-state index in [0.717, 1.165) is 19.0 Å². The number of rotatable bonds is 6. The third-order valence-electron chi connectivity index (χ3n) is 4.11. The lowest BCUT2D eigenvalue weighted by atomic mass is 9.91. The van der Waals surface area contributed by atoms with Crippen molar-refractivity contribution in [3.63, 3.8) is 0 Å². The molecular weight excluding hydrogens is 453 g/mol. The number of hydrogen-bond donors (Lipinski definition) is 2. The van der Waals surface area contributed by atoms with Crippen molar-refractivity contribution >= 4 is 41.3 Å². The van der Waals surface area contributed by atoms with Gasteiger partial charge >= 0.3 is 0 Å². The monoisotopic (exact) mass is 477 g/mol. The van der Waals surface area contributed by atoms with Crippen molar-refractivity contribution < 1.29 is 0 Å². The fourth-order valence-electron chi connectivity index (χ4n) is 2.80. The van der Waals surface area contributed by atoms with Crippen LogP contribution in [0.25, 0.3) is 0 Å². The van der Waals surface area contributed by atoms with E-state index in [1.165, 1.54) is 16.0 Å². The molecule has 0 spiro atoms. The second kappa shape index (κ2) is 11.0. The minimum absolute atomic E-state index is 0. The molecule has 3 rings (SSSR count). The molecule has 0 atom stereocenters. The minimum Gasteiger partial charge on any atom is -0.355 e. The van der Waals surface area contributed by atoms with Crippen LogP contribution < -0.4 is 10.6 Å². The lowest BCUT2D eigenvalue weighted by Gasteiger charge is -2.20. The molecule has 136 valence electrons. The Morgan fingerprint density at radius 2 is 1.50 bits per heavy atom. The number of hydrogen-bond acceptors (Lipinski definition) is 2. The molecule has 3 aromatic rings. The van der Waals surface area contributed by atoms with Crippen LogP contribution in [0.5, 0.6) is 0 Å². The second-order valence-corrected chi connectivity index (χ2v) is 6.79. The Kier molecular flexibility index (Phi) is 8.64. The van der Waals surface area contributed by atoms with Gasteiger partial charge < -0.3 is 10.6 Å². The first kappa shape index (κ1) is 20.5. The van der Waals surface area contributed by atoms with Gasteiger partial charge in [-0.05, 0) is 22.6 Å². The zero-order chi connectivity index (χ0) is 17.3. The van der Waals surface area contributed by atoms with E-state index in [1.807, 2.05) is 7.05 Å². The first-order valence-electron chi connectivity index (χ1n) is 8.43. The van der Waals surface area contributed by atoms with E-state index in [9.17, 15) is 0 Å². The van der Waals surface area contributed by atoms with Crippen LogP contribution in [0.1, 0.15) is 21.9 Å². The van der Waals surface area contributed by atoms with Crippen LogP contribution in [0, 0.1) is 0 Å². The highest BCUT2D eigenvalue weighted by Gasteiger charge is 2.14. The molecule has 2 aromatic carbocycles. The van der Waals surface area contributed by atoms with Crippen LogP contribution in [0.15, 0.2) is 83.2 Å². The summed E-state index contributed by atoms with van der Waals surface area (Å²) in [5.74, 6) is 1.10. The maximum Gasteiger partial charge on any atom is 0.191 e. The Morgan fingerprint density at radius 1 is 0.885 bits per heavy atom. The molecule has 3 nitrogen and oxygen atoms in total. The normalized spacial score (nSPS) is 11.1. The fraction of sp³-hybridized carbons (Fsp3) is 0.190. The number of guanidine groups is 1. The van der Waals surface area contributed by atoms with Crippen molar-refractivity contribution in [2.45, 2.75) is 12.5 Å². The van der Waals surface area contributed by atoms with E-state index in [1.54, 1.807) is 11.3 Å². The largest absolute Gasteiger partial charge is 0.355 e. The van der Waals surface area contributed by atoms with Crippen molar-refractivity contribution in [3.05, 3.63) is 94.2 Å². The summed E-state index contributed by atoms with van der Waals surface area (Å²) in [5, 5.41) is 8.94. The number of thiophene rings is 1. The quantitative estimate of drug-likeness (QED) is 0.302. The third-order valence-corrected chi connectivity index (χ3v) is 4.99. The van der Waals surface area contributed by atoms with Gasteiger partial charge in [0.05, 0.1) is 6.54 Å². The highest BCUT2D eigenvalue weighted by molar-refractivity contribution is 14.0. The molecule has 0 amide bonds.